The van der Waals surface area contributed by atoms with E-state index in [9.17, 15) is 10.2 Å². The Balaban J connectivity index is 1.64. The minimum Gasteiger partial charge on any atom is -0.507 e. The fraction of sp³-hybridized carbons (Fsp3) is 0.238. The van der Waals surface area contributed by atoms with E-state index < -0.39 is 6.10 Å². The number of halogens is 2. The number of phenols is 1. The fourth-order valence-corrected chi connectivity index (χ4v) is 3.30. The Labute approximate surface area is 173 Å². The molecule has 5 nitrogen and oxygen atoms in total. The Morgan fingerprint density at radius 1 is 1.04 bits per heavy atom. The monoisotopic (exact) mass is 422 g/mol. The second kappa shape index (κ2) is 9.85. The zero-order chi connectivity index (χ0) is 19.9. The zero-order valence-electron chi connectivity index (χ0n) is 15.1. The number of ether oxygens (including phenoxy) is 1. The summed E-state index contributed by atoms with van der Waals surface area (Å²) in [5.41, 5.74) is 0.801. The molecule has 7 heteroatoms. The molecular formula is C21H22Cl2NO4+. The van der Waals surface area contributed by atoms with Gasteiger partial charge in [0, 0.05) is 16.7 Å². The van der Waals surface area contributed by atoms with Gasteiger partial charge in [-0.25, -0.2) is 0 Å². The Kier molecular flexibility index (Phi) is 7.23. The first kappa shape index (κ1) is 20.6. The summed E-state index contributed by atoms with van der Waals surface area (Å²) in [6.45, 7) is 1.56. The largest absolute Gasteiger partial charge is 0.507 e. The van der Waals surface area contributed by atoms with E-state index in [1.807, 2.05) is 24.3 Å². The topological polar surface area (TPSA) is 67.3 Å². The summed E-state index contributed by atoms with van der Waals surface area (Å²) in [5, 5.41) is 21.5. The van der Waals surface area contributed by atoms with Crippen molar-refractivity contribution in [2.45, 2.75) is 19.2 Å². The van der Waals surface area contributed by atoms with Crippen LogP contribution < -0.4 is 9.64 Å². The van der Waals surface area contributed by atoms with Crippen LogP contribution >= 0.6 is 23.2 Å². The molecule has 28 heavy (non-hydrogen) atoms. The van der Waals surface area contributed by atoms with Crippen LogP contribution in [0, 0.1) is 0 Å². The molecular weight excluding hydrogens is 401 g/mol. The minimum absolute atomic E-state index is 0.0719. The van der Waals surface area contributed by atoms with E-state index in [0.717, 1.165) is 16.2 Å². The van der Waals surface area contributed by atoms with Gasteiger partial charge in [0.15, 0.2) is 5.76 Å². The van der Waals surface area contributed by atoms with Gasteiger partial charge in [-0.3, -0.25) is 0 Å². The fourth-order valence-electron chi connectivity index (χ4n) is 2.96. The molecule has 0 spiro atoms. The molecule has 0 amide bonds. The molecule has 1 heterocycles. The van der Waals surface area contributed by atoms with Gasteiger partial charge < -0.3 is 24.3 Å². The van der Waals surface area contributed by atoms with Crippen molar-refractivity contribution in [1.82, 2.24) is 0 Å². The van der Waals surface area contributed by atoms with Crippen LogP contribution in [-0.4, -0.2) is 29.5 Å². The molecule has 0 aliphatic heterocycles. The third-order valence-corrected chi connectivity index (χ3v) is 4.83. The maximum absolute atomic E-state index is 10.5. The van der Waals surface area contributed by atoms with E-state index in [-0.39, 0.29) is 12.4 Å². The number of para-hydroxylation sites is 1. The van der Waals surface area contributed by atoms with Crippen LogP contribution in [-0.2, 0) is 13.1 Å². The lowest BCUT2D eigenvalue weighted by Gasteiger charge is -2.22. The van der Waals surface area contributed by atoms with Crippen LogP contribution in [0.3, 0.4) is 0 Å². The molecule has 2 atom stereocenters. The molecule has 3 N–H and O–H groups in total. The summed E-state index contributed by atoms with van der Waals surface area (Å²) >= 11 is 12.1. The van der Waals surface area contributed by atoms with Crippen molar-refractivity contribution < 1.29 is 24.3 Å². The smallest absolute Gasteiger partial charge is 0.157 e. The summed E-state index contributed by atoms with van der Waals surface area (Å²) in [6.07, 6.45) is 0.874. The van der Waals surface area contributed by atoms with Crippen molar-refractivity contribution in [2.75, 3.05) is 13.2 Å². The first-order valence-electron chi connectivity index (χ1n) is 8.90. The highest BCUT2D eigenvalue weighted by Gasteiger charge is 2.20. The van der Waals surface area contributed by atoms with Crippen molar-refractivity contribution in [3.8, 4) is 11.5 Å². The lowest BCUT2D eigenvalue weighted by molar-refractivity contribution is -0.931. The summed E-state index contributed by atoms with van der Waals surface area (Å²) in [4.78, 5) is 1.02. The molecule has 3 rings (SSSR count). The van der Waals surface area contributed by atoms with Crippen LogP contribution in [0.15, 0.2) is 65.3 Å². The van der Waals surface area contributed by atoms with Crippen molar-refractivity contribution in [3.05, 3.63) is 82.2 Å². The number of aromatic hydroxyl groups is 1. The van der Waals surface area contributed by atoms with Gasteiger partial charge in [0.2, 0.25) is 0 Å². The van der Waals surface area contributed by atoms with Crippen LogP contribution in [0.25, 0.3) is 0 Å². The van der Waals surface area contributed by atoms with E-state index in [0.29, 0.717) is 35.4 Å². The normalized spacial score (nSPS) is 13.2. The van der Waals surface area contributed by atoms with Gasteiger partial charge in [-0.2, -0.15) is 0 Å². The average Bonchev–Trinajstić information content (AvgIpc) is 3.17. The number of aliphatic hydroxyl groups is 1. The van der Waals surface area contributed by atoms with E-state index >= 15 is 0 Å². The van der Waals surface area contributed by atoms with Crippen LogP contribution in [0.4, 0.5) is 0 Å². The third kappa shape index (κ3) is 5.91. The number of furan rings is 1. The van der Waals surface area contributed by atoms with Crippen molar-refractivity contribution in [1.29, 1.82) is 0 Å². The molecule has 0 aliphatic rings. The first-order chi connectivity index (χ1) is 13.5. The van der Waals surface area contributed by atoms with Crippen LogP contribution in [0.1, 0.15) is 11.3 Å². The molecule has 2 aromatic carbocycles. The SMILES string of the molecule is Oc1ccccc1C[NH+](Cc1ccco1)C[C@H](O)COc1cc(Cl)ccc1Cl. The van der Waals surface area contributed by atoms with Gasteiger partial charge in [0.05, 0.1) is 11.3 Å². The van der Waals surface area contributed by atoms with E-state index in [1.165, 1.54) is 0 Å². The first-order valence-corrected chi connectivity index (χ1v) is 9.65. The van der Waals surface area contributed by atoms with Gasteiger partial charge in [0.25, 0.3) is 0 Å². The van der Waals surface area contributed by atoms with Gasteiger partial charge in [0.1, 0.15) is 43.8 Å². The maximum Gasteiger partial charge on any atom is 0.157 e. The molecule has 0 fully saturated rings. The number of rotatable bonds is 9. The zero-order valence-corrected chi connectivity index (χ0v) is 16.7. The van der Waals surface area contributed by atoms with Crippen molar-refractivity contribution in [2.24, 2.45) is 0 Å². The standard InChI is InChI=1S/C21H21Cl2NO4/c22-16-7-8-19(23)21(10-16)28-14-17(25)12-24(13-18-5-3-9-27-18)11-15-4-1-2-6-20(15)26/h1-10,17,25-26H,11-14H2/p+1/t17-/m0/s1. The summed E-state index contributed by atoms with van der Waals surface area (Å²) in [6, 6.07) is 15.8. The quantitative estimate of drug-likeness (QED) is 0.494. The maximum atomic E-state index is 10.5. The van der Waals surface area contributed by atoms with E-state index in [1.54, 1.807) is 36.6 Å². The Morgan fingerprint density at radius 3 is 2.61 bits per heavy atom. The Hall–Kier alpha value is -2.18. The Morgan fingerprint density at radius 2 is 1.86 bits per heavy atom. The second-order valence-corrected chi connectivity index (χ2v) is 7.40. The second-order valence-electron chi connectivity index (χ2n) is 6.56. The molecule has 0 aliphatic carbocycles. The molecule has 1 unspecified atom stereocenters. The number of hydrogen-bond acceptors (Lipinski definition) is 4. The molecule has 3 aromatic rings. The lowest BCUT2D eigenvalue weighted by atomic mass is 10.1. The molecule has 148 valence electrons. The highest BCUT2D eigenvalue weighted by molar-refractivity contribution is 6.34. The van der Waals surface area contributed by atoms with Gasteiger partial charge in [-0.1, -0.05) is 35.3 Å². The number of hydrogen-bond donors (Lipinski definition) is 3. The molecule has 0 bridgehead atoms. The minimum atomic E-state index is -0.745. The Bertz CT molecular complexity index is 886. The van der Waals surface area contributed by atoms with Crippen LogP contribution in [0.2, 0.25) is 10.0 Å². The molecule has 0 saturated heterocycles. The summed E-state index contributed by atoms with van der Waals surface area (Å²) in [7, 11) is 0. The number of nitrogens with one attached hydrogen (secondary N) is 1. The lowest BCUT2D eigenvalue weighted by Crippen LogP contribution is -3.10. The van der Waals surface area contributed by atoms with Crippen LogP contribution in [0.5, 0.6) is 11.5 Å². The van der Waals surface area contributed by atoms with E-state index in [2.05, 4.69) is 0 Å². The predicted octanol–water partition coefficient (Wildman–Crippen LogP) is 3.32. The molecule has 0 saturated carbocycles. The highest BCUT2D eigenvalue weighted by Crippen LogP contribution is 2.27. The van der Waals surface area contributed by atoms with Gasteiger partial charge in [-0.15, -0.1) is 0 Å². The van der Waals surface area contributed by atoms with Gasteiger partial charge >= 0.3 is 0 Å². The summed E-state index contributed by atoms with van der Waals surface area (Å²) < 4.78 is 11.1. The summed E-state index contributed by atoms with van der Waals surface area (Å²) in [5.74, 6) is 1.47. The van der Waals surface area contributed by atoms with Crippen molar-refractivity contribution in [3.63, 3.8) is 0 Å². The third-order valence-electron chi connectivity index (χ3n) is 4.29. The number of quaternary nitrogens is 1. The highest BCUT2D eigenvalue weighted by atomic mass is 35.5. The number of aliphatic hydroxyl groups excluding tert-OH is 1. The average molecular weight is 423 g/mol. The number of benzene rings is 2. The number of phenolic OH excluding ortho intramolecular Hbond substituents is 1. The van der Waals surface area contributed by atoms with E-state index in [4.69, 9.17) is 32.4 Å². The van der Waals surface area contributed by atoms with Gasteiger partial charge in [-0.05, 0) is 36.4 Å². The molecule has 0 radical (unpaired) electrons. The van der Waals surface area contributed by atoms with Crippen molar-refractivity contribution >= 4 is 23.2 Å². The molecule has 1 aromatic heterocycles. The predicted molar refractivity (Wildman–Crippen MR) is 108 cm³/mol.